The van der Waals surface area contributed by atoms with Crippen LogP contribution in [-0.4, -0.2) is 49.2 Å². The fraction of sp³-hybridized carbons (Fsp3) is 0.481. The number of hydrogen-bond acceptors (Lipinski definition) is 6. The molecule has 180 valence electrons. The fourth-order valence-corrected chi connectivity index (χ4v) is 4.77. The molecule has 0 unspecified atom stereocenters. The van der Waals surface area contributed by atoms with Gasteiger partial charge in [0.1, 0.15) is 5.82 Å². The van der Waals surface area contributed by atoms with E-state index in [9.17, 15) is 0 Å². The molecule has 0 bridgehead atoms. The maximum Gasteiger partial charge on any atom is 0.225 e. The largest absolute Gasteiger partial charge is 0.372 e. The van der Waals surface area contributed by atoms with Gasteiger partial charge in [-0.15, -0.1) is 0 Å². The Morgan fingerprint density at radius 2 is 1.55 bits per heavy atom. The molecule has 2 N–H and O–H groups in total. The van der Waals surface area contributed by atoms with E-state index in [2.05, 4.69) is 70.7 Å². The molecule has 1 saturated carbocycles. The van der Waals surface area contributed by atoms with Crippen LogP contribution in [0.15, 0.2) is 48.5 Å². The molecule has 1 aliphatic carbocycles. The second kappa shape index (κ2) is 10.8. The molecular weight excluding hydrogens is 408 g/mol. The standard InChI is InChI=1S/C27H38N6.2H2/c1-5-33(6-2)23-17-11-20(12-18-23)19-28-21-13-15-22(16-14-21)29-27-30-25-10-8-7-9-24(25)26(31-27)32(3)4;;/h7-12,17-18,21-22,28H,5-6,13-16,19H2,1-4H3,(H,29,30,31);2*1H. The maximum atomic E-state index is 4.81. The van der Waals surface area contributed by atoms with Gasteiger partial charge in [-0.1, -0.05) is 24.3 Å². The molecule has 6 nitrogen and oxygen atoms in total. The number of para-hydroxylation sites is 1. The summed E-state index contributed by atoms with van der Waals surface area (Å²) in [4.78, 5) is 14.0. The van der Waals surface area contributed by atoms with E-state index in [1.165, 1.54) is 24.1 Å². The Kier molecular flexibility index (Phi) is 7.65. The molecule has 0 atom stereocenters. The first-order valence-corrected chi connectivity index (χ1v) is 12.3. The molecule has 6 heteroatoms. The van der Waals surface area contributed by atoms with Crippen molar-refractivity contribution in [2.24, 2.45) is 0 Å². The minimum Gasteiger partial charge on any atom is -0.372 e. The van der Waals surface area contributed by atoms with E-state index in [1.807, 2.05) is 26.2 Å². The molecule has 2 aromatic carbocycles. The molecule has 1 aromatic heterocycles. The molecule has 0 aliphatic heterocycles. The van der Waals surface area contributed by atoms with Crippen molar-refractivity contribution in [2.75, 3.05) is 42.3 Å². The van der Waals surface area contributed by atoms with Crippen molar-refractivity contribution in [1.82, 2.24) is 15.3 Å². The summed E-state index contributed by atoms with van der Waals surface area (Å²) in [7, 11) is 4.07. The third-order valence-electron chi connectivity index (χ3n) is 6.73. The maximum absolute atomic E-state index is 4.81. The zero-order valence-electron chi connectivity index (χ0n) is 20.5. The first-order chi connectivity index (χ1) is 16.1. The lowest BCUT2D eigenvalue weighted by atomic mass is 9.91. The number of fused-ring (bicyclic) bond motifs is 1. The topological polar surface area (TPSA) is 56.3 Å². The van der Waals surface area contributed by atoms with Crippen LogP contribution < -0.4 is 20.4 Å². The Hall–Kier alpha value is -2.86. The second-order valence-electron chi connectivity index (χ2n) is 9.19. The van der Waals surface area contributed by atoms with Gasteiger partial charge in [0.2, 0.25) is 5.95 Å². The predicted octanol–water partition coefficient (Wildman–Crippen LogP) is 5.55. The number of anilines is 3. The van der Waals surface area contributed by atoms with Crippen LogP contribution in [0.2, 0.25) is 0 Å². The van der Waals surface area contributed by atoms with Crippen molar-refractivity contribution < 1.29 is 2.85 Å². The van der Waals surface area contributed by atoms with Gasteiger partial charge in [-0.25, -0.2) is 4.98 Å². The molecule has 1 heterocycles. The average Bonchev–Trinajstić information content (AvgIpc) is 2.84. The normalized spacial score (nSPS) is 18.3. The number of benzene rings is 2. The molecule has 4 rings (SSSR count). The number of nitrogens with zero attached hydrogens (tertiary/aromatic N) is 4. The summed E-state index contributed by atoms with van der Waals surface area (Å²) in [5.41, 5.74) is 3.65. The van der Waals surface area contributed by atoms with Crippen LogP contribution in [-0.2, 0) is 6.54 Å². The fourth-order valence-electron chi connectivity index (χ4n) is 4.77. The van der Waals surface area contributed by atoms with E-state index < -0.39 is 0 Å². The highest BCUT2D eigenvalue weighted by molar-refractivity contribution is 5.90. The van der Waals surface area contributed by atoms with Gasteiger partial charge in [-0.05, 0) is 69.4 Å². The molecule has 33 heavy (non-hydrogen) atoms. The first kappa shape index (κ1) is 23.3. The van der Waals surface area contributed by atoms with Crippen LogP contribution in [0.1, 0.15) is 47.9 Å². The van der Waals surface area contributed by atoms with E-state index in [-0.39, 0.29) is 2.85 Å². The molecule has 3 aromatic rings. The highest BCUT2D eigenvalue weighted by Gasteiger charge is 2.22. The summed E-state index contributed by atoms with van der Waals surface area (Å²) in [6.07, 6.45) is 4.60. The van der Waals surface area contributed by atoms with Gasteiger partial charge in [0.05, 0.1) is 5.52 Å². The van der Waals surface area contributed by atoms with Crippen molar-refractivity contribution in [3.8, 4) is 0 Å². The summed E-state index contributed by atoms with van der Waals surface area (Å²) >= 11 is 0. The quantitative estimate of drug-likeness (QED) is 0.446. The number of aromatic nitrogens is 2. The Morgan fingerprint density at radius 1 is 0.879 bits per heavy atom. The van der Waals surface area contributed by atoms with Gasteiger partial charge < -0.3 is 20.4 Å². The molecular formula is C27H42N6. The van der Waals surface area contributed by atoms with Gasteiger partial charge in [0.15, 0.2) is 0 Å². The van der Waals surface area contributed by atoms with Gasteiger partial charge in [0, 0.05) is 59.7 Å². The van der Waals surface area contributed by atoms with Crippen molar-refractivity contribution in [2.45, 2.75) is 58.2 Å². The third-order valence-corrected chi connectivity index (χ3v) is 6.73. The van der Waals surface area contributed by atoms with E-state index in [1.54, 1.807) is 0 Å². The van der Waals surface area contributed by atoms with E-state index >= 15 is 0 Å². The third kappa shape index (κ3) is 5.74. The van der Waals surface area contributed by atoms with E-state index in [0.717, 1.165) is 55.1 Å². The zero-order valence-corrected chi connectivity index (χ0v) is 20.5. The van der Waals surface area contributed by atoms with Crippen LogP contribution in [0.5, 0.6) is 0 Å². The van der Waals surface area contributed by atoms with Gasteiger partial charge in [0.25, 0.3) is 0 Å². The molecule has 0 amide bonds. The minimum atomic E-state index is 0. The van der Waals surface area contributed by atoms with E-state index in [4.69, 9.17) is 9.97 Å². The number of hydrogen-bond donors (Lipinski definition) is 2. The van der Waals surface area contributed by atoms with Crippen molar-refractivity contribution in [1.29, 1.82) is 0 Å². The molecule has 1 aliphatic rings. The SMILES string of the molecule is CCN(CC)c1ccc(CNC2CCC(Nc3nc(N(C)C)c4ccccc4n3)CC2)cc1.[HH].[HH]. The highest BCUT2D eigenvalue weighted by Crippen LogP contribution is 2.26. The minimum absolute atomic E-state index is 0. The van der Waals surface area contributed by atoms with Crippen LogP contribution in [0.3, 0.4) is 0 Å². The molecule has 1 fully saturated rings. The first-order valence-electron chi connectivity index (χ1n) is 12.3. The van der Waals surface area contributed by atoms with Gasteiger partial charge >= 0.3 is 0 Å². The lowest BCUT2D eigenvalue weighted by Crippen LogP contribution is -2.37. The number of rotatable bonds is 9. The lowest BCUT2D eigenvalue weighted by molar-refractivity contribution is 0.352. The van der Waals surface area contributed by atoms with Crippen LogP contribution >= 0.6 is 0 Å². The molecule has 0 saturated heterocycles. The van der Waals surface area contributed by atoms with Crippen molar-refractivity contribution >= 4 is 28.4 Å². The Morgan fingerprint density at radius 3 is 2.21 bits per heavy atom. The van der Waals surface area contributed by atoms with Crippen molar-refractivity contribution in [3.05, 3.63) is 54.1 Å². The zero-order chi connectivity index (χ0) is 23.2. The summed E-state index contributed by atoms with van der Waals surface area (Å²) in [6.45, 7) is 7.44. The monoisotopic (exact) mass is 450 g/mol. The Bertz CT molecular complexity index is 1030. The highest BCUT2D eigenvalue weighted by atomic mass is 15.2. The Labute approximate surface area is 201 Å². The van der Waals surface area contributed by atoms with Gasteiger partial charge in [-0.2, -0.15) is 4.98 Å². The smallest absolute Gasteiger partial charge is 0.225 e. The summed E-state index contributed by atoms with van der Waals surface area (Å²) < 4.78 is 0. The predicted molar refractivity (Wildman–Crippen MR) is 145 cm³/mol. The molecule has 0 spiro atoms. The summed E-state index contributed by atoms with van der Waals surface area (Å²) in [6, 6.07) is 18.2. The summed E-state index contributed by atoms with van der Waals surface area (Å²) in [5.74, 6) is 1.70. The second-order valence-corrected chi connectivity index (χ2v) is 9.19. The van der Waals surface area contributed by atoms with Crippen LogP contribution in [0, 0.1) is 0 Å². The van der Waals surface area contributed by atoms with E-state index in [0.29, 0.717) is 12.1 Å². The Balaban J connectivity index is 0.00000216. The molecule has 0 radical (unpaired) electrons. The van der Waals surface area contributed by atoms with Crippen molar-refractivity contribution in [3.63, 3.8) is 0 Å². The number of nitrogens with one attached hydrogen (secondary N) is 2. The summed E-state index contributed by atoms with van der Waals surface area (Å²) in [5, 5.41) is 8.47. The lowest BCUT2D eigenvalue weighted by Gasteiger charge is -2.30. The average molecular weight is 451 g/mol. The van der Waals surface area contributed by atoms with Crippen LogP contribution in [0.4, 0.5) is 17.5 Å². The van der Waals surface area contributed by atoms with Crippen LogP contribution in [0.25, 0.3) is 10.9 Å². The van der Waals surface area contributed by atoms with Gasteiger partial charge in [-0.3, -0.25) is 0 Å².